The molecule has 0 spiro atoms. The Bertz CT molecular complexity index is 379. The molecule has 0 saturated carbocycles. The van der Waals surface area contributed by atoms with Crippen molar-refractivity contribution in [2.24, 2.45) is 0 Å². The summed E-state index contributed by atoms with van der Waals surface area (Å²) in [6.45, 7) is 4.42. The number of pyridine rings is 1. The fourth-order valence-corrected chi connectivity index (χ4v) is 1.75. The number of anilines is 1. The minimum Gasteiger partial charge on any atom is -0.385 e. The quantitative estimate of drug-likeness (QED) is 0.646. The van der Waals surface area contributed by atoms with Crippen LogP contribution in [0.2, 0.25) is 0 Å². The summed E-state index contributed by atoms with van der Waals surface area (Å²) in [4.78, 5) is 16.0. The van der Waals surface area contributed by atoms with Gasteiger partial charge in [0.2, 0.25) is 0 Å². The average molecular weight is 279 g/mol. The molecule has 0 fully saturated rings. The molecule has 112 valence electrons. The third-order valence-corrected chi connectivity index (χ3v) is 2.92. The summed E-state index contributed by atoms with van der Waals surface area (Å²) in [5.41, 5.74) is 1.38. The molecule has 1 aromatic heterocycles. The molecule has 5 heteroatoms. The molecule has 0 aliphatic carbocycles. The molecule has 1 heterocycles. The van der Waals surface area contributed by atoms with Crippen LogP contribution < -0.4 is 10.6 Å². The first-order valence-corrected chi connectivity index (χ1v) is 7.25. The van der Waals surface area contributed by atoms with Crippen LogP contribution in [0.3, 0.4) is 0 Å². The number of methoxy groups -OCH3 is 1. The molecular formula is C15H25N3O2. The first kappa shape index (κ1) is 16.4. The van der Waals surface area contributed by atoms with Crippen molar-refractivity contribution >= 4 is 11.6 Å². The Morgan fingerprint density at radius 1 is 1.25 bits per heavy atom. The number of ether oxygens (including phenoxy) is 1. The third-order valence-electron chi connectivity index (χ3n) is 2.92. The van der Waals surface area contributed by atoms with Gasteiger partial charge < -0.3 is 15.4 Å². The minimum absolute atomic E-state index is 0.105. The predicted molar refractivity (Wildman–Crippen MR) is 81.1 cm³/mol. The van der Waals surface area contributed by atoms with Gasteiger partial charge in [-0.1, -0.05) is 19.8 Å². The number of nitrogens with one attached hydrogen (secondary N) is 2. The third kappa shape index (κ3) is 6.52. The second kappa shape index (κ2) is 10.2. The predicted octanol–water partition coefficient (Wildman–Crippen LogP) is 2.45. The number of unbranched alkanes of at least 4 members (excludes halogenated alkanes) is 2. The van der Waals surface area contributed by atoms with E-state index >= 15 is 0 Å². The van der Waals surface area contributed by atoms with E-state index in [4.69, 9.17) is 4.74 Å². The summed E-state index contributed by atoms with van der Waals surface area (Å²) in [6.07, 6.45) is 5.93. The average Bonchev–Trinajstić information content (AvgIpc) is 2.48. The Balaban J connectivity index is 2.31. The van der Waals surface area contributed by atoms with Crippen molar-refractivity contribution in [2.75, 3.05) is 32.1 Å². The van der Waals surface area contributed by atoms with Crippen molar-refractivity contribution in [3.8, 4) is 0 Å². The monoisotopic (exact) mass is 279 g/mol. The van der Waals surface area contributed by atoms with E-state index < -0.39 is 0 Å². The lowest BCUT2D eigenvalue weighted by molar-refractivity contribution is 0.0948. The van der Waals surface area contributed by atoms with Gasteiger partial charge in [0.25, 0.3) is 5.91 Å². The molecule has 0 atom stereocenters. The minimum atomic E-state index is -0.105. The maximum Gasteiger partial charge on any atom is 0.269 e. The number of amides is 1. The first-order valence-electron chi connectivity index (χ1n) is 7.25. The summed E-state index contributed by atoms with van der Waals surface area (Å²) in [5.74, 6) is -0.105. The topological polar surface area (TPSA) is 63.2 Å². The molecule has 0 aromatic carbocycles. The number of hydrogen-bond donors (Lipinski definition) is 2. The maximum atomic E-state index is 11.8. The zero-order valence-corrected chi connectivity index (χ0v) is 12.4. The van der Waals surface area contributed by atoms with Gasteiger partial charge in [0.1, 0.15) is 5.69 Å². The smallest absolute Gasteiger partial charge is 0.269 e. The molecule has 2 N–H and O–H groups in total. The van der Waals surface area contributed by atoms with Gasteiger partial charge in [0, 0.05) is 26.8 Å². The molecule has 0 radical (unpaired) electrons. The van der Waals surface area contributed by atoms with Crippen LogP contribution in [0, 0.1) is 0 Å². The van der Waals surface area contributed by atoms with Gasteiger partial charge in [0.15, 0.2) is 0 Å². The van der Waals surface area contributed by atoms with Crippen molar-refractivity contribution in [3.05, 3.63) is 24.0 Å². The SMILES string of the molecule is CCCCCNC(=O)c1ccc(NCCCOC)cn1. The van der Waals surface area contributed by atoms with E-state index in [1.807, 2.05) is 6.07 Å². The zero-order chi connectivity index (χ0) is 14.6. The fourth-order valence-electron chi connectivity index (χ4n) is 1.75. The molecule has 1 amide bonds. The molecule has 0 bridgehead atoms. The highest BCUT2D eigenvalue weighted by Gasteiger charge is 2.05. The molecule has 0 saturated heterocycles. The second-order valence-corrected chi connectivity index (χ2v) is 4.67. The molecule has 0 aliphatic rings. The largest absolute Gasteiger partial charge is 0.385 e. The summed E-state index contributed by atoms with van der Waals surface area (Å²) >= 11 is 0. The molecule has 5 nitrogen and oxygen atoms in total. The number of rotatable bonds is 10. The lowest BCUT2D eigenvalue weighted by atomic mass is 10.2. The molecule has 1 aromatic rings. The maximum absolute atomic E-state index is 11.8. The molecule has 20 heavy (non-hydrogen) atoms. The van der Waals surface area contributed by atoms with E-state index in [0.717, 1.165) is 44.5 Å². The highest BCUT2D eigenvalue weighted by molar-refractivity contribution is 5.92. The van der Waals surface area contributed by atoms with Crippen molar-refractivity contribution in [2.45, 2.75) is 32.6 Å². The van der Waals surface area contributed by atoms with Crippen LogP contribution in [0.15, 0.2) is 18.3 Å². The Morgan fingerprint density at radius 2 is 2.10 bits per heavy atom. The Hall–Kier alpha value is -1.62. The van der Waals surface area contributed by atoms with Crippen LogP contribution >= 0.6 is 0 Å². The van der Waals surface area contributed by atoms with Crippen LogP contribution in [0.25, 0.3) is 0 Å². The molecular weight excluding hydrogens is 254 g/mol. The van der Waals surface area contributed by atoms with E-state index in [2.05, 4.69) is 22.5 Å². The number of nitrogens with zero attached hydrogens (tertiary/aromatic N) is 1. The van der Waals surface area contributed by atoms with Crippen molar-refractivity contribution in [3.63, 3.8) is 0 Å². The van der Waals surface area contributed by atoms with Gasteiger partial charge in [-0.05, 0) is 25.0 Å². The summed E-state index contributed by atoms with van der Waals surface area (Å²) < 4.78 is 4.98. The number of aromatic nitrogens is 1. The highest BCUT2D eigenvalue weighted by atomic mass is 16.5. The Labute approximate surface area is 121 Å². The molecule has 1 rings (SSSR count). The molecule has 0 unspecified atom stereocenters. The van der Waals surface area contributed by atoms with E-state index in [1.54, 1.807) is 19.4 Å². The van der Waals surface area contributed by atoms with Gasteiger partial charge in [-0.15, -0.1) is 0 Å². The highest BCUT2D eigenvalue weighted by Crippen LogP contribution is 2.06. The van der Waals surface area contributed by atoms with E-state index in [0.29, 0.717) is 12.2 Å². The summed E-state index contributed by atoms with van der Waals surface area (Å²) in [6, 6.07) is 3.62. The van der Waals surface area contributed by atoms with Crippen LogP contribution in [0.1, 0.15) is 43.1 Å². The van der Waals surface area contributed by atoms with E-state index in [-0.39, 0.29) is 5.91 Å². The van der Waals surface area contributed by atoms with Gasteiger partial charge >= 0.3 is 0 Å². The van der Waals surface area contributed by atoms with E-state index in [9.17, 15) is 4.79 Å². The van der Waals surface area contributed by atoms with Crippen molar-refractivity contribution in [1.29, 1.82) is 0 Å². The lowest BCUT2D eigenvalue weighted by Gasteiger charge is -2.07. The second-order valence-electron chi connectivity index (χ2n) is 4.67. The van der Waals surface area contributed by atoms with E-state index in [1.165, 1.54) is 0 Å². The van der Waals surface area contributed by atoms with Gasteiger partial charge in [-0.2, -0.15) is 0 Å². The lowest BCUT2D eigenvalue weighted by Crippen LogP contribution is -2.25. The summed E-state index contributed by atoms with van der Waals surface area (Å²) in [7, 11) is 1.69. The van der Waals surface area contributed by atoms with Crippen molar-refractivity contribution in [1.82, 2.24) is 10.3 Å². The van der Waals surface area contributed by atoms with Gasteiger partial charge in [-0.3, -0.25) is 4.79 Å². The van der Waals surface area contributed by atoms with Crippen LogP contribution in [-0.2, 0) is 4.74 Å². The van der Waals surface area contributed by atoms with Crippen LogP contribution in [0.4, 0.5) is 5.69 Å². The first-order chi connectivity index (χ1) is 9.77. The Morgan fingerprint density at radius 3 is 2.75 bits per heavy atom. The number of carbonyl (C=O) groups excluding carboxylic acids is 1. The van der Waals surface area contributed by atoms with Crippen molar-refractivity contribution < 1.29 is 9.53 Å². The number of hydrogen-bond acceptors (Lipinski definition) is 4. The summed E-state index contributed by atoms with van der Waals surface area (Å²) in [5, 5.41) is 6.11. The molecule has 0 aliphatic heterocycles. The number of carbonyl (C=O) groups is 1. The zero-order valence-electron chi connectivity index (χ0n) is 12.4. The van der Waals surface area contributed by atoms with Gasteiger partial charge in [0.05, 0.1) is 11.9 Å². The van der Waals surface area contributed by atoms with Crippen LogP contribution in [0.5, 0.6) is 0 Å². The standard InChI is InChI=1S/C15H25N3O2/c1-3-4-5-9-17-15(19)14-8-7-13(12-18-14)16-10-6-11-20-2/h7-8,12,16H,3-6,9-11H2,1-2H3,(H,17,19). The van der Waals surface area contributed by atoms with Crippen LogP contribution in [-0.4, -0.2) is 37.7 Å². The Kier molecular flexibility index (Phi) is 8.38. The normalized spacial score (nSPS) is 10.3. The van der Waals surface area contributed by atoms with Gasteiger partial charge in [-0.25, -0.2) is 4.98 Å². The fraction of sp³-hybridized carbons (Fsp3) is 0.600.